The van der Waals surface area contributed by atoms with Crippen LogP contribution >= 0.6 is 0 Å². The van der Waals surface area contributed by atoms with Gasteiger partial charge in [-0.1, -0.05) is 24.3 Å². The Morgan fingerprint density at radius 1 is 1.46 bits per heavy atom. The topological polar surface area (TPSA) is 61.9 Å². The van der Waals surface area contributed by atoms with Crippen LogP contribution in [0.15, 0.2) is 24.3 Å². The van der Waals surface area contributed by atoms with E-state index in [4.69, 9.17) is 11.1 Å². The molecule has 2 rings (SSSR count). The van der Waals surface area contributed by atoms with Crippen LogP contribution in [-0.4, -0.2) is 12.4 Å². The first-order chi connectivity index (χ1) is 6.29. The van der Waals surface area contributed by atoms with Crippen LogP contribution in [0.2, 0.25) is 0 Å². The zero-order valence-corrected chi connectivity index (χ0v) is 7.38. The summed E-state index contributed by atoms with van der Waals surface area (Å²) in [5, 5.41) is 10.7. The maximum Gasteiger partial charge on any atom is 0.0995 e. The third-order valence-corrected chi connectivity index (χ3v) is 2.47. The standard InChI is InChI=1S/C10H13N3/c11-10(12)9-6-13-5-7-3-1-2-4-8(7)9/h1-4,9,13H,5-6H2,(H3,11,12). The molecule has 1 aromatic carbocycles. The number of amidine groups is 1. The van der Waals surface area contributed by atoms with Gasteiger partial charge in [0.25, 0.3) is 0 Å². The number of fused-ring (bicyclic) bond motifs is 1. The van der Waals surface area contributed by atoms with Crippen molar-refractivity contribution in [3.8, 4) is 0 Å². The third kappa shape index (κ3) is 1.42. The molecular formula is C10H13N3. The first kappa shape index (κ1) is 8.26. The molecule has 3 nitrogen and oxygen atoms in total. The fourth-order valence-electron chi connectivity index (χ4n) is 1.77. The Morgan fingerprint density at radius 3 is 3.00 bits per heavy atom. The minimum Gasteiger partial charge on any atom is -0.387 e. The lowest BCUT2D eigenvalue weighted by Gasteiger charge is -2.25. The quantitative estimate of drug-likeness (QED) is 0.437. The van der Waals surface area contributed by atoms with Crippen LogP contribution in [0.1, 0.15) is 17.0 Å². The average Bonchev–Trinajstić information content (AvgIpc) is 2.17. The lowest BCUT2D eigenvalue weighted by molar-refractivity contribution is 0.613. The summed E-state index contributed by atoms with van der Waals surface area (Å²) in [5.41, 5.74) is 7.99. The molecule has 1 unspecified atom stereocenters. The van der Waals surface area contributed by atoms with Gasteiger partial charge in [-0.2, -0.15) is 0 Å². The molecule has 0 saturated carbocycles. The third-order valence-electron chi connectivity index (χ3n) is 2.47. The van der Waals surface area contributed by atoms with Gasteiger partial charge >= 0.3 is 0 Å². The largest absolute Gasteiger partial charge is 0.387 e. The number of benzene rings is 1. The number of rotatable bonds is 1. The fraction of sp³-hybridized carbons (Fsp3) is 0.300. The summed E-state index contributed by atoms with van der Waals surface area (Å²) < 4.78 is 0. The van der Waals surface area contributed by atoms with Crippen LogP contribution < -0.4 is 11.1 Å². The molecular weight excluding hydrogens is 162 g/mol. The Bertz CT molecular complexity index is 333. The number of hydrogen-bond donors (Lipinski definition) is 3. The molecule has 0 aliphatic carbocycles. The van der Waals surface area contributed by atoms with Crippen molar-refractivity contribution in [3.63, 3.8) is 0 Å². The van der Waals surface area contributed by atoms with E-state index in [1.165, 1.54) is 11.1 Å². The van der Waals surface area contributed by atoms with Gasteiger partial charge in [0.15, 0.2) is 0 Å². The Labute approximate surface area is 77.5 Å². The monoisotopic (exact) mass is 175 g/mol. The van der Waals surface area contributed by atoms with Gasteiger partial charge in [-0.15, -0.1) is 0 Å². The van der Waals surface area contributed by atoms with Crippen LogP contribution in [0.25, 0.3) is 0 Å². The van der Waals surface area contributed by atoms with Gasteiger partial charge < -0.3 is 11.1 Å². The van der Waals surface area contributed by atoms with Gasteiger partial charge in [0, 0.05) is 13.1 Å². The fourth-order valence-corrected chi connectivity index (χ4v) is 1.77. The van der Waals surface area contributed by atoms with Gasteiger partial charge in [0.05, 0.1) is 11.8 Å². The van der Waals surface area contributed by atoms with E-state index in [0.717, 1.165) is 13.1 Å². The second-order valence-electron chi connectivity index (χ2n) is 3.34. The molecule has 1 heterocycles. The van der Waals surface area contributed by atoms with Crippen molar-refractivity contribution < 1.29 is 0 Å². The van der Waals surface area contributed by atoms with Crippen molar-refractivity contribution in [2.45, 2.75) is 12.5 Å². The van der Waals surface area contributed by atoms with Gasteiger partial charge in [-0.25, -0.2) is 0 Å². The molecule has 0 saturated heterocycles. The highest BCUT2D eigenvalue weighted by atomic mass is 14.9. The summed E-state index contributed by atoms with van der Waals surface area (Å²) >= 11 is 0. The first-order valence-electron chi connectivity index (χ1n) is 4.41. The van der Waals surface area contributed by atoms with Crippen LogP contribution in [0, 0.1) is 5.41 Å². The maximum absolute atomic E-state index is 7.46. The molecule has 0 amide bonds. The summed E-state index contributed by atoms with van der Waals surface area (Å²) in [6.07, 6.45) is 0. The Hall–Kier alpha value is -1.35. The molecule has 1 aliphatic rings. The molecule has 3 heteroatoms. The molecule has 0 fully saturated rings. The highest BCUT2D eigenvalue weighted by Gasteiger charge is 2.21. The van der Waals surface area contributed by atoms with Crippen LogP contribution in [-0.2, 0) is 6.54 Å². The van der Waals surface area contributed by atoms with E-state index < -0.39 is 0 Å². The first-order valence-corrected chi connectivity index (χ1v) is 4.41. The maximum atomic E-state index is 7.46. The zero-order chi connectivity index (χ0) is 9.26. The van der Waals surface area contributed by atoms with E-state index in [1.807, 2.05) is 12.1 Å². The average molecular weight is 175 g/mol. The molecule has 0 bridgehead atoms. The van der Waals surface area contributed by atoms with Crippen molar-refractivity contribution in [1.82, 2.24) is 5.32 Å². The van der Waals surface area contributed by atoms with Crippen molar-refractivity contribution in [3.05, 3.63) is 35.4 Å². The molecule has 4 N–H and O–H groups in total. The molecule has 13 heavy (non-hydrogen) atoms. The molecule has 68 valence electrons. The van der Waals surface area contributed by atoms with E-state index in [1.54, 1.807) is 0 Å². The minimum atomic E-state index is 0.0601. The van der Waals surface area contributed by atoms with Gasteiger partial charge in [0.1, 0.15) is 0 Å². The Balaban J connectivity index is 2.42. The van der Waals surface area contributed by atoms with E-state index in [0.29, 0.717) is 0 Å². The predicted molar refractivity (Wildman–Crippen MR) is 52.8 cm³/mol. The molecule has 1 atom stereocenters. The van der Waals surface area contributed by atoms with Gasteiger partial charge in [0.2, 0.25) is 0 Å². The van der Waals surface area contributed by atoms with E-state index in [-0.39, 0.29) is 11.8 Å². The molecule has 0 spiro atoms. The SMILES string of the molecule is N=C(N)C1CNCc2ccccc21. The van der Waals surface area contributed by atoms with E-state index >= 15 is 0 Å². The smallest absolute Gasteiger partial charge is 0.0995 e. The number of hydrogen-bond acceptors (Lipinski definition) is 2. The van der Waals surface area contributed by atoms with Gasteiger partial charge in [-0.05, 0) is 11.1 Å². The summed E-state index contributed by atoms with van der Waals surface area (Å²) in [7, 11) is 0. The second-order valence-corrected chi connectivity index (χ2v) is 3.34. The Kier molecular flexibility index (Phi) is 2.02. The summed E-state index contributed by atoms with van der Waals surface area (Å²) in [4.78, 5) is 0. The van der Waals surface area contributed by atoms with Crippen molar-refractivity contribution in [1.29, 1.82) is 5.41 Å². The molecule has 1 aromatic rings. The number of nitrogens with two attached hydrogens (primary N) is 1. The lowest BCUT2D eigenvalue weighted by atomic mass is 9.90. The van der Waals surface area contributed by atoms with Crippen LogP contribution in [0.5, 0.6) is 0 Å². The normalized spacial score (nSPS) is 20.8. The number of nitrogens with one attached hydrogen (secondary N) is 2. The lowest BCUT2D eigenvalue weighted by Crippen LogP contribution is -2.35. The molecule has 0 radical (unpaired) electrons. The van der Waals surface area contributed by atoms with Gasteiger partial charge in [-0.3, -0.25) is 5.41 Å². The Morgan fingerprint density at radius 2 is 2.23 bits per heavy atom. The summed E-state index contributed by atoms with van der Waals surface area (Å²) in [6.45, 7) is 1.67. The zero-order valence-electron chi connectivity index (χ0n) is 7.38. The minimum absolute atomic E-state index is 0.0601. The van der Waals surface area contributed by atoms with Crippen LogP contribution in [0.4, 0.5) is 0 Å². The highest BCUT2D eigenvalue weighted by molar-refractivity contribution is 5.85. The van der Waals surface area contributed by atoms with Crippen molar-refractivity contribution in [2.75, 3.05) is 6.54 Å². The second kappa shape index (κ2) is 3.18. The van der Waals surface area contributed by atoms with Crippen molar-refractivity contribution in [2.24, 2.45) is 5.73 Å². The molecule has 1 aliphatic heterocycles. The van der Waals surface area contributed by atoms with Crippen LogP contribution in [0.3, 0.4) is 0 Å². The van der Waals surface area contributed by atoms with E-state index in [9.17, 15) is 0 Å². The summed E-state index contributed by atoms with van der Waals surface area (Å²) in [5.74, 6) is 0.310. The highest BCUT2D eigenvalue weighted by Crippen LogP contribution is 2.22. The molecule has 0 aromatic heterocycles. The predicted octanol–water partition coefficient (Wildman–Crippen LogP) is 0.809. The van der Waals surface area contributed by atoms with Crippen molar-refractivity contribution >= 4 is 5.84 Å². The summed E-state index contributed by atoms with van der Waals surface area (Å²) in [6, 6.07) is 8.16. The van der Waals surface area contributed by atoms with E-state index in [2.05, 4.69) is 17.4 Å².